The molecule has 0 radical (unpaired) electrons. The second kappa shape index (κ2) is 14.9. The Hall–Kier alpha value is -3.34. The van der Waals surface area contributed by atoms with Crippen LogP contribution in [-0.4, -0.2) is 44.9 Å². The maximum atomic E-state index is 13.0. The van der Waals surface area contributed by atoms with Gasteiger partial charge in [-0.05, 0) is 48.7 Å². The van der Waals surface area contributed by atoms with Gasteiger partial charge in [0, 0.05) is 17.3 Å². The third-order valence-electron chi connectivity index (χ3n) is 5.62. The Labute approximate surface area is 247 Å². The predicted octanol–water partition coefficient (Wildman–Crippen LogP) is 6.20. The molecular formula is C28H31Cl2N5O4S. The highest BCUT2D eigenvalue weighted by Crippen LogP contribution is 2.27. The Bertz CT molecular complexity index is 1380. The molecule has 0 fully saturated rings. The van der Waals surface area contributed by atoms with Crippen molar-refractivity contribution in [2.75, 3.05) is 17.7 Å². The number of nitrogens with one attached hydrogen (secondary N) is 2. The van der Waals surface area contributed by atoms with Crippen LogP contribution in [0, 0.1) is 5.92 Å². The zero-order valence-electron chi connectivity index (χ0n) is 22.4. The number of ether oxygens (including phenoxy) is 1. The van der Waals surface area contributed by atoms with Gasteiger partial charge in [0.1, 0.15) is 0 Å². The molecule has 0 saturated heterocycles. The fourth-order valence-corrected chi connectivity index (χ4v) is 4.94. The van der Waals surface area contributed by atoms with Crippen LogP contribution in [-0.2, 0) is 16.1 Å². The first-order valence-corrected chi connectivity index (χ1v) is 14.4. The van der Waals surface area contributed by atoms with Crippen LogP contribution < -0.4 is 10.6 Å². The molecule has 3 aromatic rings. The second-order valence-corrected chi connectivity index (χ2v) is 10.9. The van der Waals surface area contributed by atoms with Gasteiger partial charge in [0.2, 0.25) is 5.91 Å². The molecule has 9 nitrogen and oxygen atoms in total. The molecule has 1 atom stereocenters. The minimum absolute atomic E-state index is 0.0405. The Balaban J connectivity index is 1.72. The van der Waals surface area contributed by atoms with Crippen molar-refractivity contribution in [3.63, 3.8) is 0 Å². The third kappa shape index (κ3) is 8.33. The number of carbonyl (C=O) groups excluding carboxylic acids is 3. The lowest BCUT2D eigenvalue weighted by molar-refractivity contribution is -0.113. The van der Waals surface area contributed by atoms with Crippen molar-refractivity contribution < 1.29 is 19.1 Å². The Morgan fingerprint density at radius 1 is 1.15 bits per heavy atom. The molecule has 2 amide bonds. The molecule has 1 aromatic heterocycles. The molecule has 1 heterocycles. The number of hydrogen-bond donors (Lipinski definition) is 2. The number of thioether (sulfide) groups is 1. The molecule has 0 aliphatic carbocycles. The summed E-state index contributed by atoms with van der Waals surface area (Å²) in [7, 11) is 0. The molecule has 0 unspecified atom stereocenters. The average molecular weight is 605 g/mol. The van der Waals surface area contributed by atoms with Gasteiger partial charge in [0.25, 0.3) is 5.91 Å². The number of aromatic nitrogens is 3. The minimum Gasteiger partial charge on any atom is -0.462 e. The van der Waals surface area contributed by atoms with Crippen LogP contribution in [0.25, 0.3) is 0 Å². The molecule has 212 valence electrons. The first-order chi connectivity index (χ1) is 19.1. The minimum atomic E-state index is -0.495. The van der Waals surface area contributed by atoms with Gasteiger partial charge in [-0.25, -0.2) is 4.79 Å². The Morgan fingerprint density at radius 2 is 1.93 bits per heavy atom. The van der Waals surface area contributed by atoms with Gasteiger partial charge < -0.3 is 19.9 Å². The number of benzene rings is 2. The number of halogens is 2. The lowest BCUT2D eigenvalue weighted by atomic mass is 10.0. The topological polar surface area (TPSA) is 115 Å². The smallest absolute Gasteiger partial charge is 0.338 e. The summed E-state index contributed by atoms with van der Waals surface area (Å²) in [6.07, 6.45) is 2.41. The maximum Gasteiger partial charge on any atom is 0.338 e. The van der Waals surface area contributed by atoms with Crippen molar-refractivity contribution in [2.45, 2.75) is 44.9 Å². The summed E-state index contributed by atoms with van der Waals surface area (Å²) >= 11 is 13.4. The zero-order chi connectivity index (χ0) is 29.2. The van der Waals surface area contributed by atoms with Crippen molar-refractivity contribution in [1.82, 2.24) is 20.1 Å². The van der Waals surface area contributed by atoms with Crippen molar-refractivity contribution >= 4 is 58.4 Å². The Kier molecular flexibility index (Phi) is 11.6. The van der Waals surface area contributed by atoms with Crippen molar-refractivity contribution in [1.29, 1.82) is 0 Å². The Morgan fingerprint density at radius 3 is 2.60 bits per heavy atom. The third-order valence-corrected chi connectivity index (χ3v) is 7.13. The summed E-state index contributed by atoms with van der Waals surface area (Å²) in [6.45, 7) is 10.3. The van der Waals surface area contributed by atoms with E-state index in [-0.39, 0.29) is 28.5 Å². The molecule has 0 aliphatic rings. The van der Waals surface area contributed by atoms with E-state index in [0.717, 1.165) is 6.42 Å². The fourth-order valence-electron chi connectivity index (χ4n) is 3.69. The summed E-state index contributed by atoms with van der Waals surface area (Å²) in [5.41, 5.74) is 1.13. The van der Waals surface area contributed by atoms with Gasteiger partial charge in [-0.15, -0.1) is 16.8 Å². The molecule has 2 N–H and O–H groups in total. The van der Waals surface area contributed by atoms with Gasteiger partial charge in [0.15, 0.2) is 11.0 Å². The van der Waals surface area contributed by atoms with E-state index in [0.29, 0.717) is 46.0 Å². The number of esters is 1. The molecule has 0 saturated carbocycles. The van der Waals surface area contributed by atoms with E-state index in [1.807, 2.05) is 25.3 Å². The van der Waals surface area contributed by atoms with E-state index in [1.54, 1.807) is 42.5 Å². The second-order valence-electron chi connectivity index (χ2n) is 9.11. The van der Waals surface area contributed by atoms with Crippen LogP contribution in [0.5, 0.6) is 0 Å². The molecule has 0 spiro atoms. The van der Waals surface area contributed by atoms with Crippen molar-refractivity contribution in [2.24, 2.45) is 5.92 Å². The summed E-state index contributed by atoms with van der Waals surface area (Å²) in [6, 6.07) is 10.8. The van der Waals surface area contributed by atoms with Crippen LogP contribution in [0.3, 0.4) is 0 Å². The van der Waals surface area contributed by atoms with E-state index in [2.05, 4.69) is 27.4 Å². The summed E-state index contributed by atoms with van der Waals surface area (Å²) in [5, 5.41) is 15.6. The number of nitrogens with zero attached hydrogens (tertiary/aromatic N) is 3. The summed E-state index contributed by atoms with van der Waals surface area (Å²) in [4.78, 5) is 37.9. The summed E-state index contributed by atoms with van der Waals surface area (Å²) in [5.74, 6) is -0.580. The number of carbonyl (C=O) groups is 3. The first kappa shape index (κ1) is 31.2. The highest BCUT2D eigenvalue weighted by atomic mass is 35.5. The van der Waals surface area contributed by atoms with Crippen LogP contribution in [0.2, 0.25) is 10.0 Å². The number of hydrogen-bond acceptors (Lipinski definition) is 7. The van der Waals surface area contributed by atoms with E-state index in [9.17, 15) is 14.4 Å². The van der Waals surface area contributed by atoms with E-state index in [1.165, 1.54) is 17.8 Å². The number of amides is 2. The molecule has 40 heavy (non-hydrogen) atoms. The average Bonchev–Trinajstić information content (AvgIpc) is 3.31. The lowest BCUT2D eigenvalue weighted by Gasteiger charge is -2.23. The van der Waals surface area contributed by atoms with E-state index in [4.69, 9.17) is 27.9 Å². The first-order valence-electron chi connectivity index (χ1n) is 12.6. The molecule has 2 aromatic carbocycles. The normalized spacial score (nSPS) is 11.7. The van der Waals surface area contributed by atoms with Gasteiger partial charge in [0.05, 0.1) is 34.6 Å². The monoisotopic (exact) mass is 603 g/mol. The fraction of sp³-hybridized carbons (Fsp3) is 0.321. The number of allylic oxidation sites excluding steroid dienone is 1. The van der Waals surface area contributed by atoms with Crippen molar-refractivity contribution in [3.05, 3.63) is 82.1 Å². The van der Waals surface area contributed by atoms with Gasteiger partial charge in [-0.3, -0.25) is 9.59 Å². The molecular weight excluding hydrogens is 573 g/mol. The van der Waals surface area contributed by atoms with E-state index < -0.39 is 12.0 Å². The molecule has 0 aliphatic heterocycles. The largest absolute Gasteiger partial charge is 0.462 e. The van der Waals surface area contributed by atoms with Gasteiger partial charge >= 0.3 is 5.97 Å². The molecule has 3 rings (SSSR count). The highest BCUT2D eigenvalue weighted by Gasteiger charge is 2.27. The quantitative estimate of drug-likeness (QED) is 0.136. The van der Waals surface area contributed by atoms with Gasteiger partial charge in [-0.1, -0.05) is 67.9 Å². The number of rotatable bonds is 13. The van der Waals surface area contributed by atoms with E-state index >= 15 is 0 Å². The highest BCUT2D eigenvalue weighted by molar-refractivity contribution is 7.99. The van der Waals surface area contributed by atoms with Gasteiger partial charge in [-0.2, -0.15) is 0 Å². The number of anilines is 1. The SMILES string of the molecule is C=CCn1c(SCC(=O)Nc2cccc(C(=O)OCCC)c2)nnc1[C@@H](NC(=O)c1ccc(Cl)cc1Cl)C(C)C. The predicted molar refractivity (Wildman–Crippen MR) is 158 cm³/mol. The maximum absolute atomic E-state index is 13.0. The van der Waals surface area contributed by atoms with Crippen LogP contribution >= 0.6 is 35.0 Å². The lowest BCUT2D eigenvalue weighted by Crippen LogP contribution is -2.34. The van der Waals surface area contributed by atoms with Crippen molar-refractivity contribution in [3.8, 4) is 0 Å². The zero-order valence-corrected chi connectivity index (χ0v) is 24.8. The standard InChI is InChI=1S/C28H31Cl2N5O4S/c1-5-12-35-25(24(17(3)4)32-26(37)21-11-10-19(29)15-22(21)30)33-34-28(35)40-16-23(36)31-20-9-7-8-18(14-20)27(38)39-13-6-2/h5,7-11,14-15,17,24H,1,6,12-13,16H2,2-4H3,(H,31,36)(H,32,37)/t24-/m0/s1. The van der Waals surface area contributed by atoms with Crippen LogP contribution in [0.4, 0.5) is 5.69 Å². The molecule has 12 heteroatoms. The van der Waals surface area contributed by atoms with Crippen LogP contribution in [0.15, 0.2) is 60.3 Å². The summed E-state index contributed by atoms with van der Waals surface area (Å²) < 4.78 is 6.97. The van der Waals surface area contributed by atoms with Crippen LogP contribution in [0.1, 0.15) is 59.8 Å². The molecule has 0 bridgehead atoms.